The molecule has 5 heteroatoms. The summed E-state index contributed by atoms with van der Waals surface area (Å²) in [5.41, 5.74) is 5.37. The number of nitrogens with two attached hydrogens (primary N) is 1. The first-order valence-electron chi connectivity index (χ1n) is 4.69. The second-order valence-corrected chi connectivity index (χ2v) is 3.33. The van der Waals surface area contributed by atoms with Crippen LogP contribution in [0.5, 0.6) is 0 Å². The molecule has 0 fully saturated rings. The molecule has 0 atom stereocenters. The Morgan fingerprint density at radius 2 is 2.33 bits per heavy atom. The van der Waals surface area contributed by atoms with E-state index in [4.69, 9.17) is 5.84 Å². The Kier molecular flexibility index (Phi) is 2.64. The van der Waals surface area contributed by atoms with Crippen molar-refractivity contribution >= 4 is 5.69 Å². The molecule has 2 aromatic heterocycles. The Labute approximate surface area is 87.9 Å². The minimum atomic E-state index is 0.656. The van der Waals surface area contributed by atoms with Crippen molar-refractivity contribution in [3.8, 4) is 0 Å². The highest BCUT2D eigenvalue weighted by Crippen LogP contribution is 2.07. The van der Waals surface area contributed by atoms with Gasteiger partial charge in [-0.1, -0.05) is 0 Å². The van der Waals surface area contributed by atoms with Gasteiger partial charge in [-0.3, -0.25) is 15.5 Å². The molecule has 3 N–H and O–H groups in total. The number of nitrogen functional groups attached to an aromatic ring is 1. The summed E-state index contributed by atoms with van der Waals surface area (Å²) in [4.78, 5) is 4.24. The summed E-state index contributed by atoms with van der Waals surface area (Å²) in [5, 5.41) is 4.29. The molecule has 0 aliphatic heterocycles. The largest absolute Gasteiger partial charge is 0.324 e. The number of aryl methyl sites for hydroxylation is 1. The maximum Gasteiger partial charge on any atom is 0.0832 e. The number of hydrogen-bond donors (Lipinski definition) is 2. The van der Waals surface area contributed by atoms with E-state index in [2.05, 4.69) is 15.5 Å². The number of anilines is 1. The van der Waals surface area contributed by atoms with Crippen molar-refractivity contribution < 1.29 is 0 Å². The smallest absolute Gasteiger partial charge is 0.0832 e. The van der Waals surface area contributed by atoms with E-state index in [0.29, 0.717) is 6.54 Å². The molecule has 0 radical (unpaired) electrons. The topological polar surface area (TPSA) is 68.8 Å². The monoisotopic (exact) mass is 203 g/mol. The van der Waals surface area contributed by atoms with E-state index in [0.717, 1.165) is 17.1 Å². The fourth-order valence-corrected chi connectivity index (χ4v) is 1.37. The summed E-state index contributed by atoms with van der Waals surface area (Å²) in [7, 11) is 0. The molecule has 0 aliphatic rings. The summed E-state index contributed by atoms with van der Waals surface area (Å²) in [6, 6.07) is 5.68. The Bertz CT molecular complexity index is 449. The van der Waals surface area contributed by atoms with Gasteiger partial charge < -0.3 is 5.43 Å². The minimum Gasteiger partial charge on any atom is -0.324 e. The molecule has 0 aromatic carbocycles. The highest BCUT2D eigenvalue weighted by atomic mass is 15.3. The van der Waals surface area contributed by atoms with Gasteiger partial charge in [-0.2, -0.15) is 5.10 Å². The first-order chi connectivity index (χ1) is 7.28. The fourth-order valence-electron chi connectivity index (χ4n) is 1.37. The lowest BCUT2D eigenvalue weighted by Crippen LogP contribution is -2.08. The van der Waals surface area contributed by atoms with Gasteiger partial charge in [-0.15, -0.1) is 0 Å². The van der Waals surface area contributed by atoms with Crippen molar-refractivity contribution in [1.29, 1.82) is 0 Å². The molecule has 0 bridgehead atoms. The molecule has 0 saturated heterocycles. The average molecular weight is 203 g/mol. The van der Waals surface area contributed by atoms with E-state index in [1.807, 2.05) is 36.0 Å². The molecule has 0 unspecified atom stereocenters. The molecule has 78 valence electrons. The van der Waals surface area contributed by atoms with Gasteiger partial charge in [0.2, 0.25) is 0 Å². The predicted molar refractivity (Wildman–Crippen MR) is 58.1 cm³/mol. The van der Waals surface area contributed by atoms with Crippen LogP contribution in [0.3, 0.4) is 0 Å². The normalized spacial score (nSPS) is 10.3. The predicted octanol–water partition coefficient (Wildman–Crippen LogP) is 0.920. The molecule has 2 aromatic rings. The third-order valence-electron chi connectivity index (χ3n) is 2.08. The molecule has 5 nitrogen and oxygen atoms in total. The van der Waals surface area contributed by atoms with Crippen LogP contribution in [0.4, 0.5) is 5.69 Å². The maximum absolute atomic E-state index is 5.32. The lowest BCUT2D eigenvalue weighted by Gasteiger charge is -2.03. The van der Waals surface area contributed by atoms with Gasteiger partial charge in [0.1, 0.15) is 0 Å². The van der Waals surface area contributed by atoms with Crippen LogP contribution in [-0.2, 0) is 6.54 Å². The van der Waals surface area contributed by atoms with Crippen LogP contribution >= 0.6 is 0 Å². The van der Waals surface area contributed by atoms with Crippen molar-refractivity contribution in [3.05, 3.63) is 42.0 Å². The Morgan fingerprint density at radius 1 is 1.47 bits per heavy atom. The van der Waals surface area contributed by atoms with Crippen LogP contribution in [0.1, 0.15) is 11.4 Å². The molecule has 2 heterocycles. The molecule has 0 aliphatic carbocycles. The molecule has 2 rings (SSSR count). The lowest BCUT2D eigenvalue weighted by molar-refractivity contribution is 0.666. The van der Waals surface area contributed by atoms with Crippen molar-refractivity contribution in [2.45, 2.75) is 13.5 Å². The van der Waals surface area contributed by atoms with Gasteiger partial charge in [0, 0.05) is 12.4 Å². The lowest BCUT2D eigenvalue weighted by atomic mass is 10.3. The standard InChI is InChI=1S/C10H13N5/c1-8-3-5-15(14-8)7-10-6-9(13-11)2-4-12-10/h2-6H,7,11H2,1H3,(H,12,13). The second kappa shape index (κ2) is 4.10. The van der Waals surface area contributed by atoms with Gasteiger partial charge in [0.25, 0.3) is 0 Å². The Balaban J connectivity index is 2.16. The van der Waals surface area contributed by atoms with Crippen LogP contribution < -0.4 is 11.3 Å². The highest BCUT2D eigenvalue weighted by molar-refractivity contribution is 5.41. The number of nitrogens with one attached hydrogen (secondary N) is 1. The number of rotatable bonds is 3. The zero-order chi connectivity index (χ0) is 10.7. The van der Waals surface area contributed by atoms with Gasteiger partial charge in [0.05, 0.1) is 23.6 Å². The molecular weight excluding hydrogens is 190 g/mol. The minimum absolute atomic E-state index is 0.656. The molecule has 0 amide bonds. The Morgan fingerprint density at radius 3 is 3.00 bits per heavy atom. The van der Waals surface area contributed by atoms with E-state index in [9.17, 15) is 0 Å². The number of hydrazine groups is 1. The first kappa shape index (κ1) is 9.67. The van der Waals surface area contributed by atoms with Crippen molar-refractivity contribution in [2.24, 2.45) is 5.84 Å². The molecule has 0 saturated carbocycles. The van der Waals surface area contributed by atoms with Crippen LogP contribution in [0, 0.1) is 6.92 Å². The van der Waals surface area contributed by atoms with Crippen molar-refractivity contribution in [2.75, 3.05) is 5.43 Å². The fraction of sp³-hybridized carbons (Fsp3) is 0.200. The van der Waals surface area contributed by atoms with Gasteiger partial charge in [0.15, 0.2) is 0 Å². The number of hydrogen-bond acceptors (Lipinski definition) is 4. The van der Waals surface area contributed by atoms with E-state index in [1.54, 1.807) is 6.20 Å². The van der Waals surface area contributed by atoms with Crippen molar-refractivity contribution in [3.63, 3.8) is 0 Å². The summed E-state index contributed by atoms with van der Waals surface area (Å²) in [6.45, 7) is 2.62. The quantitative estimate of drug-likeness (QED) is 0.575. The number of nitrogens with zero attached hydrogens (tertiary/aromatic N) is 3. The molecular formula is C10H13N5. The van der Waals surface area contributed by atoms with Crippen LogP contribution in [0.15, 0.2) is 30.6 Å². The summed E-state index contributed by atoms with van der Waals surface area (Å²) in [6.07, 6.45) is 3.65. The van der Waals surface area contributed by atoms with Crippen LogP contribution in [0.2, 0.25) is 0 Å². The van der Waals surface area contributed by atoms with E-state index in [1.165, 1.54) is 0 Å². The van der Waals surface area contributed by atoms with E-state index in [-0.39, 0.29) is 0 Å². The maximum atomic E-state index is 5.32. The highest BCUT2D eigenvalue weighted by Gasteiger charge is 1.99. The van der Waals surface area contributed by atoms with E-state index < -0.39 is 0 Å². The van der Waals surface area contributed by atoms with Crippen LogP contribution in [0.25, 0.3) is 0 Å². The summed E-state index contributed by atoms with van der Waals surface area (Å²) in [5.74, 6) is 5.32. The summed E-state index contributed by atoms with van der Waals surface area (Å²) < 4.78 is 1.85. The van der Waals surface area contributed by atoms with E-state index >= 15 is 0 Å². The van der Waals surface area contributed by atoms with Gasteiger partial charge >= 0.3 is 0 Å². The SMILES string of the molecule is Cc1ccn(Cc2cc(NN)ccn2)n1. The molecule has 15 heavy (non-hydrogen) atoms. The second-order valence-electron chi connectivity index (χ2n) is 3.33. The third-order valence-corrected chi connectivity index (χ3v) is 2.08. The van der Waals surface area contributed by atoms with Crippen LogP contribution in [-0.4, -0.2) is 14.8 Å². The Hall–Kier alpha value is -1.88. The van der Waals surface area contributed by atoms with Gasteiger partial charge in [-0.25, -0.2) is 0 Å². The number of pyridine rings is 1. The summed E-state index contributed by atoms with van der Waals surface area (Å²) >= 11 is 0. The van der Waals surface area contributed by atoms with Crippen molar-refractivity contribution in [1.82, 2.24) is 14.8 Å². The van der Waals surface area contributed by atoms with Gasteiger partial charge in [-0.05, 0) is 25.1 Å². The number of aromatic nitrogens is 3. The molecule has 0 spiro atoms. The first-order valence-corrected chi connectivity index (χ1v) is 4.69. The zero-order valence-corrected chi connectivity index (χ0v) is 8.51. The zero-order valence-electron chi connectivity index (χ0n) is 8.51. The average Bonchev–Trinajstić information content (AvgIpc) is 2.64. The third kappa shape index (κ3) is 2.32.